The number of esters is 3. The Bertz CT molecular complexity index is 535. The molecule has 2 aliphatic heterocycles. The predicted molar refractivity (Wildman–Crippen MR) is 80.9 cm³/mol. The molecule has 128 valence electrons. The van der Waals surface area contributed by atoms with Crippen molar-refractivity contribution in [1.29, 1.82) is 0 Å². The largest absolute Gasteiger partial charge is 0.463 e. The fourth-order valence-electron chi connectivity index (χ4n) is 2.53. The molecule has 0 radical (unpaired) electrons. The van der Waals surface area contributed by atoms with Gasteiger partial charge in [0, 0.05) is 20.8 Å². The molecule has 0 saturated carbocycles. The van der Waals surface area contributed by atoms with E-state index in [2.05, 4.69) is 4.99 Å². The van der Waals surface area contributed by atoms with Crippen LogP contribution in [0.15, 0.2) is 4.99 Å². The molecule has 0 spiro atoms. The Morgan fingerprint density at radius 1 is 1.09 bits per heavy atom. The van der Waals surface area contributed by atoms with Crippen molar-refractivity contribution in [3.05, 3.63) is 0 Å². The van der Waals surface area contributed by atoms with Crippen LogP contribution in [0.5, 0.6) is 0 Å². The molecule has 0 bridgehead atoms. The minimum Gasteiger partial charge on any atom is -0.463 e. The van der Waals surface area contributed by atoms with E-state index in [-0.39, 0.29) is 12.0 Å². The summed E-state index contributed by atoms with van der Waals surface area (Å²) in [7, 11) is 0. The molecule has 0 aromatic heterocycles. The van der Waals surface area contributed by atoms with Gasteiger partial charge in [-0.05, 0) is 6.92 Å². The maximum Gasteiger partial charge on any atom is 0.303 e. The lowest BCUT2D eigenvalue weighted by atomic mass is 9.98. The van der Waals surface area contributed by atoms with Crippen molar-refractivity contribution in [1.82, 2.24) is 0 Å². The molecule has 2 heterocycles. The molecule has 0 amide bonds. The summed E-state index contributed by atoms with van der Waals surface area (Å²) in [5.41, 5.74) is -0.383. The van der Waals surface area contributed by atoms with Crippen molar-refractivity contribution in [3.63, 3.8) is 0 Å². The molecule has 2 aliphatic rings. The van der Waals surface area contributed by atoms with E-state index in [1.807, 2.05) is 6.92 Å². The maximum atomic E-state index is 11.4. The molecule has 0 N–H and O–H groups in total. The molecule has 1 saturated heterocycles. The van der Waals surface area contributed by atoms with Crippen molar-refractivity contribution in [2.45, 2.75) is 57.5 Å². The Kier molecular flexibility index (Phi) is 5.64. The zero-order chi connectivity index (χ0) is 17.1. The van der Waals surface area contributed by atoms with Crippen LogP contribution in [0.3, 0.4) is 0 Å². The molecule has 1 fully saturated rings. The van der Waals surface area contributed by atoms with Gasteiger partial charge in [0.15, 0.2) is 12.2 Å². The third-order valence-corrected chi connectivity index (χ3v) is 4.36. The van der Waals surface area contributed by atoms with Crippen molar-refractivity contribution in [3.8, 4) is 0 Å². The van der Waals surface area contributed by atoms with Gasteiger partial charge < -0.3 is 18.9 Å². The Morgan fingerprint density at radius 2 is 1.70 bits per heavy atom. The second-order valence-electron chi connectivity index (χ2n) is 5.25. The normalized spacial score (nSPS) is 32.5. The molecule has 8 nitrogen and oxygen atoms in total. The summed E-state index contributed by atoms with van der Waals surface area (Å²) >= 11 is 1.39. The highest BCUT2D eigenvalue weighted by atomic mass is 32.2. The van der Waals surface area contributed by atoms with E-state index in [1.54, 1.807) is 0 Å². The standard InChI is InChI=1S/C14H19NO7S/c1-6-15-11-13(21-9(4)18)12(20-8(3)17)10(5-19-7(2)16)22-14(11)23-6/h10-14H,5H2,1-4H3/t10?,11?,12-,13?,14-/m1/s1. The lowest BCUT2D eigenvalue weighted by Gasteiger charge is -2.41. The molecule has 0 aliphatic carbocycles. The number of hydrogen-bond acceptors (Lipinski definition) is 9. The fraction of sp³-hybridized carbons (Fsp3) is 0.714. The van der Waals surface area contributed by atoms with Crippen LogP contribution in [0.2, 0.25) is 0 Å². The van der Waals surface area contributed by atoms with Crippen LogP contribution in [0.25, 0.3) is 0 Å². The molecular formula is C14H19NO7S. The zero-order valence-electron chi connectivity index (χ0n) is 13.3. The van der Waals surface area contributed by atoms with Crippen LogP contribution in [-0.4, -0.2) is 59.3 Å². The zero-order valence-corrected chi connectivity index (χ0v) is 14.1. The highest BCUT2D eigenvalue weighted by Gasteiger charge is 2.52. The van der Waals surface area contributed by atoms with E-state index in [0.717, 1.165) is 5.04 Å². The number of carbonyl (C=O) groups excluding carboxylic acids is 3. The van der Waals surface area contributed by atoms with E-state index in [0.29, 0.717) is 0 Å². The summed E-state index contributed by atoms with van der Waals surface area (Å²) in [5.74, 6) is -1.54. The number of fused-ring (bicyclic) bond motifs is 1. The first-order chi connectivity index (χ1) is 10.8. The van der Waals surface area contributed by atoms with Gasteiger partial charge in [-0.25, -0.2) is 0 Å². The van der Waals surface area contributed by atoms with Gasteiger partial charge >= 0.3 is 17.9 Å². The number of ether oxygens (including phenoxy) is 4. The minimum absolute atomic E-state index is 0.103. The number of aliphatic imine (C=N–C) groups is 1. The number of nitrogens with zero attached hydrogens (tertiary/aromatic N) is 1. The van der Waals surface area contributed by atoms with E-state index >= 15 is 0 Å². The third-order valence-electron chi connectivity index (χ3n) is 3.29. The van der Waals surface area contributed by atoms with E-state index < -0.39 is 42.3 Å². The summed E-state index contributed by atoms with van der Waals surface area (Å²) in [6.45, 7) is 5.51. The molecule has 9 heteroatoms. The Balaban J connectivity index is 2.26. The van der Waals surface area contributed by atoms with Crippen molar-refractivity contribution in [2.75, 3.05) is 6.61 Å². The van der Waals surface area contributed by atoms with Gasteiger partial charge in [-0.1, -0.05) is 11.8 Å². The molecule has 23 heavy (non-hydrogen) atoms. The van der Waals surface area contributed by atoms with Gasteiger partial charge in [0.05, 0.1) is 5.04 Å². The predicted octanol–water partition coefficient (Wildman–Crippen LogP) is 0.672. The third kappa shape index (κ3) is 4.44. The van der Waals surface area contributed by atoms with Gasteiger partial charge in [-0.15, -0.1) is 0 Å². The molecule has 0 aromatic carbocycles. The first-order valence-corrected chi connectivity index (χ1v) is 8.00. The molecule has 5 atom stereocenters. The van der Waals surface area contributed by atoms with Gasteiger partial charge in [0.2, 0.25) is 0 Å². The quantitative estimate of drug-likeness (QED) is 0.541. The van der Waals surface area contributed by atoms with Crippen LogP contribution in [-0.2, 0) is 33.3 Å². The number of thioether (sulfide) groups is 1. The Morgan fingerprint density at radius 3 is 2.26 bits per heavy atom. The van der Waals surface area contributed by atoms with Gasteiger partial charge in [-0.3, -0.25) is 19.4 Å². The van der Waals surface area contributed by atoms with Gasteiger partial charge in [0.25, 0.3) is 0 Å². The Hall–Kier alpha value is -1.61. The lowest BCUT2D eigenvalue weighted by Crippen LogP contribution is -2.59. The summed E-state index contributed by atoms with van der Waals surface area (Å²) in [5, 5.41) is 0.784. The van der Waals surface area contributed by atoms with Crippen LogP contribution in [0.1, 0.15) is 27.7 Å². The van der Waals surface area contributed by atoms with E-state index in [9.17, 15) is 14.4 Å². The highest BCUT2D eigenvalue weighted by Crippen LogP contribution is 2.38. The van der Waals surface area contributed by atoms with Gasteiger partial charge in [0.1, 0.15) is 24.2 Å². The number of rotatable bonds is 4. The average molecular weight is 345 g/mol. The molecular weight excluding hydrogens is 326 g/mol. The summed E-state index contributed by atoms with van der Waals surface area (Å²) in [6.07, 6.45) is -2.42. The number of hydrogen-bond donors (Lipinski definition) is 0. The summed E-state index contributed by atoms with van der Waals surface area (Å²) < 4.78 is 21.5. The molecule has 2 rings (SSSR count). The fourth-order valence-corrected chi connectivity index (χ4v) is 3.60. The first-order valence-electron chi connectivity index (χ1n) is 7.12. The second kappa shape index (κ2) is 7.31. The number of carbonyl (C=O) groups is 3. The average Bonchev–Trinajstić information content (AvgIpc) is 2.78. The Labute approximate surface area is 137 Å². The van der Waals surface area contributed by atoms with Crippen molar-refractivity contribution >= 4 is 34.7 Å². The van der Waals surface area contributed by atoms with Gasteiger partial charge in [-0.2, -0.15) is 0 Å². The maximum absolute atomic E-state index is 11.4. The van der Waals surface area contributed by atoms with Crippen molar-refractivity contribution in [2.24, 2.45) is 4.99 Å². The molecule has 3 unspecified atom stereocenters. The second-order valence-corrected chi connectivity index (χ2v) is 6.54. The topological polar surface area (TPSA) is 100 Å². The van der Waals surface area contributed by atoms with Crippen LogP contribution >= 0.6 is 11.8 Å². The van der Waals surface area contributed by atoms with Crippen molar-refractivity contribution < 1.29 is 33.3 Å². The lowest BCUT2D eigenvalue weighted by molar-refractivity contribution is -0.208. The van der Waals surface area contributed by atoms with E-state index in [1.165, 1.54) is 32.5 Å². The monoisotopic (exact) mass is 345 g/mol. The van der Waals surface area contributed by atoms with Crippen LogP contribution < -0.4 is 0 Å². The van der Waals surface area contributed by atoms with E-state index in [4.69, 9.17) is 18.9 Å². The summed E-state index contributed by atoms with van der Waals surface area (Å²) in [4.78, 5) is 38.3. The highest BCUT2D eigenvalue weighted by molar-refractivity contribution is 8.14. The minimum atomic E-state index is -0.896. The smallest absolute Gasteiger partial charge is 0.303 e. The van der Waals surface area contributed by atoms with Crippen LogP contribution in [0.4, 0.5) is 0 Å². The molecule has 0 aromatic rings. The summed E-state index contributed by atoms with van der Waals surface area (Å²) in [6, 6.07) is -0.471. The van der Waals surface area contributed by atoms with Crippen LogP contribution in [0, 0.1) is 0 Å². The first kappa shape index (κ1) is 17.7. The SMILES string of the molecule is CC(=O)OCC1O[C@@H]2SC(C)=NC2C(OC(C)=O)[C@@H]1OC(C)=O.